The van der Waals surface area contributed by atoms with E-state index in [0.717, 1.165) is 30.5 Å². The predicted octanol–water partition coefficient (Wildman–Crippen LogP) is 0.999. The fourth-order valence-electron chi connectivity index (χ4n) is 4.66. The lowest BCUT2D eigenvalue weighted by Gasteiger charge is -2.40. The summed E-state index contributed by atoms with van der Waals surface area (Å²) in [5, 5.41) is 0. The second-order valence-corrected chi connectivity index (χ2v) is 7.75. The lowest BCUT2D eigenvalue weighted by Crippen LogP contribution is -2.51. The summed E-state index contributed by atoms with van der Waals surface area (Å²) >= 11 is 0. The minimum atomic E-state index is -0.628. The topological polar surface area (TPSA) is 111 Å². The van der Waals surface area contributed by atoms with Gasteiger partial charge in [-0.25, -0.2) is 4.98 Å². The van der Waals surface area contributed by atoms with Crippen molar-refractivity contribution in [2.45, 2.75) is 37.2 Å². The number of H-pyrrole nitrogens is 1. The van der Waals surface area contributed by atoms with Crippen LogP contribution in [-0.2, 0) is 16.6 Å². The number of carbonyl (C=O) groups is 1. The van der Waals surface area contributed by atoms with Gasteiger partial charge < -0.3 is 20.1 Å². The Labute approximate surface area is 161 Å². The molecule has 8 heteroatoms. The maximum Gasteiger partial charge on any atom is 0.267 e. The van der Waals surface area contributed by atoms with Gasteiger partial charge in [-0.3, -0.25) is 14.6 Å². The number of likely N-dealkylation sites (tertiary alicyclic amines) is 1. The minimum Gasteiger partial charge on any atom is -0.485 e. The fourth-order valence-corrected chi connectivity index (χ4v) is 4.66. The zero-order valence-electron chi connectivity index (χ0n) is 15.4. The Kier molecular flexibility index (Phi) is 3.82. The first kappa shape index (κ1) is 17.1. The molecule has 1 aromatic heterocycles. The molecule has 0 saturated carbocycles. The van der Waals surface area contributed by atoms with Crippen molar-refractivity contribution in [1.29, 1.82) is 0 Å². The number of nitrogens with two attached hydrogens (primary N) is 1. The molecule has 1 atom stereocenters. The maximum absolute atomic E-state index is 13.0. The predicted molar refractivity (Wildman–Crippen MR) is 101 cm³/mol. The van der Waals surface area contributed by atoms with Crippen LogP contribution in [0.1, 0.15) is 30.5 Å². The van der Waals surface area contributed by atoms with Gasteiger partial charge in [-0.15, -0.1) is 0 Å². The van der Waals surface area contributed by atoms with Crippen molar-refractivity contribution in [3.05, 3.63) is 45.9 Å². The number of hydrogen-bond donors (Lipinski definition) is 2. The third-order valence-corrected chi connectivity index (χ3v) is 6.21. The third kappa shape index (κ3) is 2.63. The van der Waals surface area contributed by atoms with Crippen LogP contribution in [-0.4, -0.2) is 46.6 Å². The van der Waals surface area contributed by atoms with Crippen LogP contribution >= 0.6 is 0 Å². The number of rotatable bonds is 1. The quantitative estimate of drug-likeness (QED) is 0.761. The highest BCUT2D eigenvalue weighted by Gasteiger charge is 2.45. The number of nitrogen functional groups attached to an aromatic ring is 1. The van der Waals surface area contributed by atoms with Crippen LogP contribution in [0.2, 0.25) is 0 Å². The molecular weight excluding hydrogens is 360 g/mol. The van der Waals surface area contributed by atoms with Gasteiger partial charge in [0.25, 0.3) is 11.5 Å². The van der Waals surface area contributed by atoms with Crippen LogP contribution in [0.3, 0.4) is 0 Å². The molecular formula is C20H22N4O4. The largest absolute Gasteiger partial charge is 0.485 e. The average Bonchev–Trinajstić information content (AvgIpc) is 3.06. The second kappa shape index (κ2) is 6.25. The highest BCUT2D eigenvalue weighted by atomic mass is 16.6. The number of ether oxygens (including phenoxy) is 2. The van der Waals surface area contributed by atoms with Crippen LogP contribution in [0.25, 0.3) is 0 Å². The van der Waals surface area contributed by atoms with Gasteiger partial charge in [-0.2, -0.15) is 0 Å². The normalized spacial score (nSPS) is 22.1. The summed E-state index contributed by atoms with van der Waals surface area (Å²) in [6, 6.07) is 7.37. The van der Waals surface area contributed by atoms with Crippen LogP contribution in [0.5, 0.6) is 11.5 Å². The number of aromatic amines is 1. The Morgan fingerprint density at radius 1 is 1.21 bits per heavy atom. The number of nitrogens with one attached hydrogen (secondary N) is 1. The van der Waals surface area contributed by atoms with E-state index in [1.54, 1.807) is 0 Å². The van der Waals surface area contributed by atoms with Gasteiger partial charge >= 0.3 is 0 Å². The molecule has 3 N–H and O–H groups in total. The summed E-state index contributed by atoms with van der Waals surface area (Å²) in [6.07, 6.45) is 2.50. The van der Waals surface area contributed by atoms with E-state index in [2.05, 4.69) is 9.97 Å². The number of para-hydroxylation sites is 2. The van der Waals surface area contributed by atoms with Crippen molar-refractivity contribution in [1.82, 2.24) is 14.9 Å². The molecule has 3 heterocycles. The molecule has 1 unspecified atom stereocenters. The van der Waals surface area contributed by atoms with Crippen molar-refractivity contribution in [2.24, 2.45) is 0 Å². The number of nitrogens with zero attached hydrogens (tertiary/aromatic N) is 2. The Hall–Kier alpha value is -3.03. The number of piperidine rings is 1. The average molecular weight is 382 g/mol. The number of benzene rings is 1. The first-order valence-electron chi connectivity index (χ1n) is 9.62. The monoisotopic (exact) mass is 382 g/mol. The van der Waals surface area contributed by atoms with Gasteiger partial charge in [-0.05, 0) is 37.8 Å². The van der Waals surface area contributed by atoms with E-state index in [1.807, 2.05) is 29.2 Å². The fraction of sp³-hybridized carbons (Fsp3) is 0.450. The lowest BCUT2D eigenvalue weighted by atomic mass is 9.76. The van der Waals surface area contributed by atoms with Crippen molar-refractivity contribution >= 4 is 11.9 Å². The Morgan fingerprint density at radius 2 is 1.96 bits per heavy atom. The van der Waals surface area contributed by atoms with Crippen LogP contribution in [0, 0.1) is 0 Å². The molecule has 2 aromatic rings. The van der Waals surface area contributed by atoms with Gasteiger partial charge in [-0.1, -0.05) is 12.1 Å². The molecule has 8 nitrogen and oxygen atoms in total. The zero-order chi connectivity index (χ0) is 19.3. The van der Waals surface area contributed by atoms with E-state index >= 15 is 0 Å². The molecule has 5 rings (SSSR count). The van der Waals surface area contributed by atoms with E-state index in [4.69, 9.17) is 15.2 Å². The van der Waals surface area contributed by atoms with Crippen molar-refractivity contribution in [3.63, 3.8) is 0 Å². The van der Waals surface area contributed by atoms with Crippen molar-refractivity contribution < 1.29 is 14.3 Å². The molecule has 146 valence electrons. The Balaban J connectivity index is 1.30. The van der Waals surface area contributed by atoms with Gasteiger partial charge in [0.05, 0.1) is 5.69 Å². The molecule has 2 aliphatic heterocycles. The first-order valence-corrected chi connectivity index (χ1v) is 9.62. The molecule has 1 fully saturated rings. The molecule has 28 heavy (non-hydrogen) atoms. The maximum atomic E-state index is 13.0. The van der Waals surface area contributed by atoms with E-state index < -0.39 is 6.10 Å². The second-order valence-electron chi connectivity index (χ2n) is 7.75. The van der Waals surface area contributed by atoms with Crippen LogP contribution in [0.15, 0.2) is 29.1 Å². The highest BCUT2D eigenvalue weighted by molar-refractivity contribution is 5.82. The molecule has 1 amide bonds. The van der Waals surface area contributed by atoms with Gasteiger partial charge in [0, 0.05) is 24.1 Å². The van der Waals surface area contributed by atoms with E-state index in [9.17, 15) is 9.59 Å². The summed E-state index contributed by atoms with van der Waals surface area (Å²) in [4.78, 5) is 34.0. The molecule has 0 radical (unpaired) electrons. The lowest BCUT2D eigenvalue weighted by molar-refractivity contribution is -0.142. The Bertz CT molecular complexity index is 994. The van der Waals surface area contributed by atoms with Gasteiger partial charge in [0.2, 0.25) is 12.1 Å². The van der Waals surface area contributed by atoms with Gasteiger partial charge in [0.15, 0.2) is 11.5 Å². The van der Waals surface area contributed by atoms with Crippen molar-refractivity contribution in [2.75, 3.05) is 25.4 Å². The smallest absolute Gasteiger partial charge is 0.267 e. The van der Waals surface area contributed by atoms with Gasteiger partial charge in [0.1, 0.15) is 6.61 Å². The number of aromatic nitrogens is 2. The summed E-state index contributed by atoms with van der Waals surface area (Å²) < 4.78 is 11.5. The molecule has 1 saturated heterocycles. The zero-order valence-corrected chi connectivity index (χ0v) is 15.4. The standard InChI is InChI=1S/C20H22N4O4/c21-19-22-16-12(17(25)23-19)5-6-20(16)7-9-24(10-8-20)18(26)15-11-27-13-3-1-2-4-14(13)28-15/h1-4,15H,5-11H2,(H3,21,22,23,25). The van der Waals surface area contributed by atoms with E-state index in [0.29, 0.717) is 31.0 Å². The first-order chi connectivity index (χ1) is 13.6. The van der Waals surface area contributed by atoms with Crippen LogP contribution in [0.4, 0.5) is 5.95 Å². The van der Waals surface area contributed by atoms with Crippen molar-refractivity contribution in [3.8, 4) is 11.5 Å². The number of hydrogen-bond acceptors (Lipinski definition) is 6. The summed E-state index contributed by atoms with van der Waals surface area (Å²) in [7, 11) is 0. The summed E-state index contributed by atoms with van der Waals surface area (Å²) in [6.45, 7) is 1.43. The number of carbonyl (C=O) groups excluding carboxylic acids is 1. The number of amides is 1. The van der Waals surface area contributed by atoms with E-state index in [-0.39, 0.29) is 29.4 Å². The molecule has 0 bridgehead atoms. The molecule has 1 spiro atoms. The van der Waals surface area contributed by atoms with Crippen LogP contribution < -0.4 is 20.8 Å². The number of anilines is 1. The summed E-state index contributed by atoms with van der Waals surface area (Å²) in [5.74, 6) is 1.38. The molecule has 3 aliphatic rings. The highest BCUT2D eigenvalue weighted by Crippen LogP contribution is 2.44. The number of fused-ring (bicyclic) bond motifs is 3. The summed E-state index contributed by atoms with van der Waals surface area (Å²) in [5.41, 5.74) is 7.05. The minimum absolute atomic E-state index is 0.0547. The van der Waals surface area contributed by atoms with E-state index in [1.165, 1.54) is 0 Å². The Morgan fingerprint density at radius 3 is 2.75 bits per heavy atom. The SMILES string of the molecule is Nc1nc2c(c(=O)[nH]1)CCC21CCN(C(=O)C2COc3ccccc3O2)CC1. The third-order valence-electron chi connectivity index (χ3n) is 6.21. The molecule has 1 aliphatic carbocycles. The molecule has 1 aromatic carbocycles.